The number of hydrogen-bond acceptors (Lipinski definition) is 3. The third kappa shape index (κ3) is 5.49. The molecule has 0 saturated carbocycles. The summed E-state index contributed by atoms with van der Waals surface area (Å²) in [5, 5.41) is 10.5. The number of carbonyl (C=O) groups excluding carboxylic acids is 1. The minimum absolute atomic E-state index is 0.173. The van der Waals surface area contributed by atoms with E-state index in [1.165, 1.54) is 12.8 Å². The lowest BCUT2D eigenvalue weighted by atomic mass is 9.80. The van der Waals surface area contributed by atoms with Crippen molar-refractivity contribution >= 4 is 5.97 Å². The number of phenols is 1. The summed E-state index contributed by atoms with van der Waals surface area (Å²) in [4.78, 5) is 12.7. The molecule has 1 rings (SSSR count). The van der Waals surface area contributed by atoms with Crippen LogP contribution in [-0.4, -0.2) is 17.7 Å². The molecule has 2 atom stereocenters. The molecule has 1 aromatic rings. The lowest BCUT2D eigenvalue weighted by Crippen LogP contribution is -2.20. The molecule has 0 heterocycles. The molecule has 3 heteroatoms. The van der Waals surface area contributed by atoms with Gasteiger partial charge in [-0.05, 0) is 60.8 Å². The molecule has 2 unspecified atom stereocenters. The normalized spacial score (nSPS) is 14.2. The number of ether oxygens (including phenoxy) is 1. The molecule has 0 radical (unpaired) electrons. The average Bonchev–Trinajstić information content (AvgIpc) is 2.58. The Kier molecular flexibility index (Phi) is 8.17. The van der Waals surface area contributed by atoms with E-state index in [-0.39, 0.29) is 17.3 Å². The standard InChI is InChI=1S/C23H38O3/c1-9-11-12-18(10-2)14-26-22(25)17(5)19-13-20(23(6,7)8)21(24)16(4)15(19)3/h13,17-18,24H,9-12,14H2,1-8H3. The van der Waals surface area contributed by atoms with Gasteiger partial charge in [-0.15, -0.1) is 0 Å². The number of aromatic hydroxyl groups is 1. The number of carbonyl (C=O) groups is 1. The smallest absolute Gasteiger partial charge is 0.313 e. The molecule has 0 fully saturated rings. The lowest BCUT2D eigenvalue weighted by molar-refractivity contribution is -0.146. The Balaban J connectivity index is 3.00. The van der Waals surface area contributed by atoms with Crippen LogP contribution in [0.5, 0.6) is 5.75 Å². The number of phenolic OH excluding ortho intramolecular Hbond substituents is 1. The van der Waals surface area contributed by atoms with Crippen LogP contribution < -0.4 is 0 Å². The molecular formula is C23H38O3. The summed E-state index contributed by atoms with van der Waals surface area (Å²) in [5.41, 5.74) is 3.47. The number of hydrogen-bond donors (Lipinski definition) is 1. The van der Waals surface area contributed by atoms with E-state index >= 15 is 0 Å². The van der Waals surface area contributed by atoms with E-state index < -0.39 is 0 Å². The largest absolute Gasteiger partial charge is 0.507 e. The van der Waals surface area contributed by atoms with Gasteiger partial charge in [0, 0.05) is 0 Å². The van der Waals surface area contributed by atoms with Crippen LogP contribution >= 0.6 is 0 Å². The molecule has 0 saturated heterocycles. The summed E-state index contributed by atoms with van der Waals surface area (Å²) in [7, 11) is 0. The van der Waals surface area contributed by atoms with Gasteiger partial charge in [0.2, 0.25) is 0 Å². The van der Waals surface area contributed by atoms with Gasteiger partial charge in [-0.3, -0.25) is 4.79 Å². The fourth-order valence-electron chi connectivity index (χ4n) is 3.30. The highest BCUT2D eigenvalue weighted by Gasteiger charge is 2.27. The molecule has 0 bridgehead atoms. The van der Waals surface area contributed by atoms with Crippen molar-refractivity contribution in [2.24, 2.45) is 5.92 Å². The monoisotopic (exact) mass is 362 g/mol. The molecule has 26 heavy (non-hydrogen) atoms. The number of rotatable bonds is 8. The SMILES string of the molecule is CCCCC(CC)COC(=O)C(C)c1cc(C(C)(C)C)c(O)c(C)c1C. The molecule has 148 valence electrons. The number of benzene rings is 1. The first-order valence-electron chi connectivity index (χ1n) is 10.0. The third-order valence-corrected chi connectivity index (χ3v) is 5.54. The zero-order valence-electron chi connectivity index (χ0n) is 18.0. The maximum atomic E-state index is 12.7. The molecule has 0 spiro atoms. The third-order valence-electron chi connectivity index (χ3n) is 5.54. The number of unbranched alkanes of at least 4 members (excludes halogenated alkanes) is 1. The van der Waals surface area contributed by atoms with Gasteiger partial charge in [0.05, 0.1) is 12.5 Å². The van der Waals surface area contributed by atoms with Gasteiger partial charge in [-0.25, -0.2) is 0 Å². The highest BCUT2D eigenvalue weighted by Crippen LogP contribution is 2.38. The molecule has 0 aliphatic carbocycles. The lowest BCUT2D eigenvalue weighted by Gasteiger charge is -2.26. The second-order valence-electron chi connectivity index (χ2n) is 8.63. The van der Waals surface area contributed by atoms with Crippen molar-refractivity contribution in [2.45, 2.75) is 92.4 Å². The van der Waals surface area contributed by atoms with E-state index in [0.29, 0.717) is 18.3 Å². The molecule has 3 nitrogen and oxygen atoms in total. The molecule has 1 aromatic carbocycles. The minimum Gasteiger partial charge on any atom is -0.507 e. The van der Waals surface area contributed by atoms with Crippen molar-refractivity contribution in [2.75, 3.05) is 6.61 Å². The Hall–Kier alpha value is -1.51. The minimum atomic E-state index is -0.334. The Morgan fingerprint density at radius 3 is 2.31 bits per heavy atom. The van der Waals surface area contributed by atoms with Crippen LogP contribution in [0.15, 0.2) is 6.07 Å². The maximum Gasteiger partial charge on any atom is 0.313 e. The van der Waals surface area contributed by atoms with Gasteiger partial charge in [0.25, 0.3) is 0 Å². The van der Waals surface area contributed by atoms with Gasteiger partial charge in [0.15, 0.2) is 0 Å². The summed E-state index contributed by atoms with van der Waals surface area (Å²) in [6, 6.07) is 1.98. The second kappa shape index (κ2) is 9.43. The van der Waals surface area contributed by atoms with Crippen molar-refractivity contribution in [1.29, 1.82) is 0 Å². The Morgan fingerprint density at radius 1 is 1.19 bits per heavy atom. The van der Waals surface area contributed by atoms with Crippen LogP contribution in [0, 0.1) is 19.8 Å². The van der Waals surface area contributed by atoms with E-state index in [1.807, 2.05) is 26.8 Å². The van der Waals surface area contributed by atoms with E-state index in [4.69, 9.17) is 4.74 Å². The topological polar surface area (TPSA) is 46.5 Å². The molecule has 1 N–H and O–H groups in total. The Morgan fingerprint density at radius 2 is 1.81 bits per heavy atom. The van der Waals surface area contributed by atoms with Gasteiger partial charge in [-0.1, -0.05) is 59.9 Å². The van der Waals surface area contributed by atoms with Crippen LogP contribution in [0.3, 0.4) is 0 Å². The number of esters is 1. The first-order chi connectivity index (χ1) is 12.0. The first kappa shape index (κ1) is 22.5. The highest BCUT2D eigenvalue weighted by atomic mass is 16.5. The Labute approximate surface area is 160 Å². The predicted octanol–water partition coefficient (Wildman–Crippen LogP) is 6.17. The summed E-state index contributed by atoms with van der Waals surface area (Å²) in [5.74, 6) is 0.274. The van der Waals surface area contributed by atoms with Crippen LogP contribution in [0.4, 0.5) is 0 Å². The first-order valence-corrected chi connectivity index (χ1v) is 10.0. The van der Waals surface area contributed by atoms with Gasteiger partial charge >= 0.3 is 5.97 Å². The van der Waals surface area contributed by atoms with Gasteiger partial charge < -0.3 is 9.84 Å². The van der Waals surface area contributed by atoms with Gasteiger partial charge in [0.1, 0.15) is 5.75 Å². The van der Waals surface area contributed by atoms with Crippen molar-refractivity contribution in [1.82, 2.24) is 0 Å². The fourth-order valence-corrected chi connectivity index (χ4v) is 3.30. The maximum absolute atomic E-state index is 12.7. The van der Waals surface area contributed by atoms with E-state index in [1.54, 1.807) is 0 Å². The van der Waals surface area contributed by atoms with Crippen LogP contribution in [-0.2, 0) is 14.9 Å². The van der Waals surface area contributed by atoms with E-state index in [9.17, 15) is 9.90 Å². The van der Waals surface area contributed by atoms with Crippen LogP contribution in [0.2, 0.25) is 0 Å². The van der Waals surface area contributed by atoms with E-state index in [0.717, 1.165) is 35.1 Å². The molecule has 0 aliphatic heterocycles. The van der Waals surface area contributed by atoms with Gasteiger partial charge in [-0.2, -0.15) is 0 Å². The molecule has 0 aliphatic rings. The van der Waals surface area contributed by atoms with Crippen molar-refractivity contribution < 1.29 is 14.6 Å². The molecular weight excluding hydrogens is 324 g/mol. The quantitative estimate of drug-likeness (QED) is 0.562. The molecule has 0 amide bonds. The van der Waals surface area contributed by atoms with Crippen molar-refractivity contribution in [3.05, 3.63) is 28.3 Å². The van der Waals surface area contributed by atoms with E-state index in [2.05, 4.69) is 34.6 Å². The molecule has 0 aromatic heterocycles. The van der Waals surface area contributed by atoms with Crippen molar-refractivity contribution in [3.63, 3.8) is 0 Å². The zero-order chi connectivity index (χ0) is 20.1. The van der Waals surface area contributed by atoms with Crippen molar-refractivity contribution in [3.8, 4) is 5.75 Å². The summed E-state index contributed by atoms with van der Waals surface area (Å²) in [6.07, 6.45) is 4.49. The summed E-state index contributed by atoms with van der Waals surface area (Å²) in [6.45, 7) is 16.8. The van der Waals surface area contributed by atoms with Crippen LogP contribution in [0.1, 0.15) is 95.4 Å². The van der Waals surface area contributed by atoms with Crippen LogP contribution in [0.25, 0.3) is 0 Å². The average molecular weight is 363 g/mol. The summed E-state index contributed by atoms with van der Waals surface area (Å²) >= 11 is 0. The second-order valence-corrected chi connectivity index (χ2v) is 8.63. The highest BCUT2D eigenvalue weighted by molar-refractivity contribution is 5.79. The fraction of sp³-hybridized carbons (Fsp3) is 0.696. The Bertz CT molecular complexity index is 611. The predicted molar refractivity (Wildman–Crippen MR) is 109 cm³/mol. The summed E-state index contributed by atoms with van der Waals surface area (Å²) < 4.78 is 5.66. The zero-order valence-corrected chi connectivity index (χ0v) is 18.0.